The van der Waals surface area contributed by atoms with Crippen LogP contribution in [0.4, 0.5) is 0 Å². The summed E-state index contributed by atoms with van der Waals surface area (Å²) >= 11 is 5.76. The van der Waals surface area contributed by atoms with E-state index in [0.717, 1.165) is 11.3 Å². The first kappa shape index (κ1) is 13.9. The molecule has 0 spiro atoms. The lowest BCUT2D eigenvalue weighted by atomic mass is 10.0. The molecule has 0 amide bonds. The lowest BCUT2D eigenvalue weighted by Crippen LogP contribution is -2.14. The molecule has 1 aromatic heterocycles. The molecule has 0 bridgehead atoms. The standard InChI is InChI=1S/C14H16ClNO3/c1-17-8-9-18-11-5-3-2-4-10(11)14(16)12-6-7-13(15)19-12/h2-7,14H,8-9,16H2,1H3. The number of methoxy groups -OCH3 is 1. The summed E-state index contributed by atoms with van der Waals surface area (Å²) < 4.78 is 15.9. The van der Waals surface area contributed by atoms with Crippen molar-refractivity contribution in [3.05, 3.63) is 52.9 Å². The monoisotopic (exact) mass is 281 g/mol. The van der Waals surface area contributed by atoms with E-state index in [4.69, 9.17) is 31.2 Å². The van der Waals surface area contributed by atoms with E-state index in [0.29, 0.717) is 24.2 Å². The largest absolute Gasteiger partial charge is 0.491 e. The molecule has 0 aliphatic carbocycles. The van der Waals surface area contributed by atoms with Crippen LogP contribution in [0.25, 0.3) is 0 Å². The normalized spacial score (nSPS) is 12.4. The first-order valence-corrected chi connectivity index (χ1v) is 6.31. The first-order valence-electron chi connectivity index (χ1n) is 5.94. The van der Waals surface area contributed by atoms with E-state index in [-0.39, 0.29) is 0 Å². The predicted octanol–water partition coefficient (Wildman–Crippen LogP) is 3.01. The third-order valence-electron chi connectivity index (χ3n) is 2.70. The van der Waals surface area contributed by atoms with Gasteiger partial charge >= 0.3 is 0 Å². The third-order valence-corrected chi connectivity index (χ3v) is 2.90. The Balaban J connectivity index is 2.18. The van der Waals surface area contributed by atoms with Gasteiger partial charge in [0, 0.05) is 12.7 Å². The van der Waals surface area contributed by atoms with Gasteiger partial charge in [0.25, 0.3) is 0 Å². The molecule has 1 unspecified atom stereocenters. The van der Waals surface area contributed by atoms with Crippen molar-refractivity contribution in [2.45, 2.75) is 6.04 Å². The Labute approximate surface area is 117 Å². The summed E-state index contributed by atoms with van der Waals surface area (Å²) in [5.74, 6) is 1.33. The number of rotatable bonds is 6. The van der Waals surface area contributed by atoms with Crippen molar-refractivity contribution in [1.29, 1.82) is 0 Å². The minimum atomic E-state index is -0.411. The average Bonchev–Trinajstić information content (AvgIpc) is 2.85. The zero-order valence-electron chi connectivity index (χ0n) is 10.6. The summed E-state index contributed by atoms with van der Waals surface area (Å²) in [6, 6.07) is 10.6. The highest BCUT2D eigenvalue weighted by molar-refractivity contribution is 6.28. The lowest BCUT2D eigenvalue weighted by molar-refractivity contribution is 0.145. The van der Waals surface area contributed by atoms with Gasteiger partial charge in [-0.2, -0.15) is 0 Å². The van der Waals surface area contributed by atoms with Crippen LogP contribution in [0.2, 0.25) is 5.22 Å². The van der Waals surface area contributed by atoms with E-state index in [1.807, 2.05) is 24.3 Å². The SMILES string of the molecule is COCCOc1ccccc1C(N)c1ccc(Cl)o1. The predicted molar refractivity (Wildman–Crippen MR) is 73.6 cm³/mol. The van der Waals surface area contributed by atoms with Gasteiger partial charge in [-0.25, -0.2) is 0 Å². The molecule has 0 saturated heterocycles. The van der Waals surface area contributed by atoms with Crippen LogP contribution in [0.3, 0.4) is 0 Å². The second-order valence-electron chi connectivity index (χ2n) is 4.00. The minimum Gasteiger partial charge on any atom is -0.491 e. The van der Waals surface area contributed by atoms with Crippen LogP contribution in [-0.4, -0.2) is 20.3 Å². The fraction of sp³-hybridized carbons (Fsp3) is 0.286. The minimum absolute atomic E-state index is 0.322. The Morgan fingerprint density at radius 2 is 2.00 bits per heavy atom. The number of hydrogen-bond acceptors (Lipinski definition) is 4. The second kappa shape index (κ2) is 6.61. The second-order valence-corrected chi connectivity index (χ2v) is 4.37. The van der Waals surface area contributed by atoms with E-state index in [9.17, 15) is 0 Å². The number of hydrogen-bond donors (Lipinski definition) is 1. The van der Waals surface area contributed by atoms with Crippen LogP contribution in [0.1, 0.15) is 17.4 Å². The molecule has 0 saturated carbocycles. The summed E-state index contributed by atoms with van der Waals surface area (Å²) in [6.45, 7) is 0.995. The molecule has 1 atom stereocenters. The topological polar surface area (TPSA) is 57.6 Å². The van der Waals surface area contributed by atoms with Crippen LogP contribution in [0.5, 0.6) is 5.75 Å². The molecule has 2 N–H and O–H groups in total. The smallest absolute Gasteiger partial charge is 0.193 e. The van der Waals surface area contributed by atoms with Gasteiger partial charge in [0.15, 0.2) is 5.22 Å². The van der Waals surface area contributed by atoms with Crippen LogP contribution in [-0.2, 0) is 4.74 Å². The Bertz CT molecular complexity index is 527. The van der Waals surface area contributed by atoms with Crippen molar-refractivity contribution in [3.63, 3.8) is 0 Å². The molecule has 5 heteroatoms. The van der Waals surface area contributed by atoms with Crippen LogP contribution in [0.15, 0.2) is 40.8 Å². The van der Waals surface area contributed by atoms with Crippen molar-refractivity contribution >= 4 is 11.6 Å². The number of furan rings is 1. The molecule has 0 aliphatic heterocycles. The quantitative estimate of drug-likeness (QED) is 0.827. The van der Waals surface area contributed by atoms with Gasteiger partial charge in [0.05, 0.1) is 12.6 Å². The van der Waals surface area contributed by atoms with Gasteiger partial charge in [0.1, 0.15) is 18.1 Å². The van der Waals surface area contributed by atoms with Crippen molar-refractivity contribution in [2.75, 3.05) is 20.3 Å². The number of nitrogens with two attached hydrogens (primary N) is 1. The van der Waals surface area contributed by atoms with E-state index >= 15 is 0 Å². The maximum Gasteiger partial charge on any atom is 0.193 e. The highest BCUT2D eigenvalue weighted by atomic mass is 35.5. The highest BCUT2D eigenvalue weighted by Gasteiger charge is 2.17. The number of benzene rings is 1. The Hall–Kier alpha value is -1.49. The fourth-order valence-electron chi connectivity index (χ4n) is 1.75. The van der Waals surface area contributed by atoms with Gasteiger partial charge in [-0.3, -0.25) is 0 Å². The molecule has 1 heterocycles. The Morgan fingerprint density at radius 1 is 1.21 bits per heavy atom. The molecule has 0 aliphatic rings. The molecule has 102 valence electrons. The van der Waals surface area contributed by atoms with E-state index in [1.165, 1.54) is 0 Å². The van der Waals surface area contributed by atoms with Gasteiger partial charge in [-0.1, -0.05) is 18.2 Å². The first-order chi connectivity index (χ1) is 9.22. The summed E-state index contributed by atoms with van der Waals surface area (Å²) in [5.41, 5.74) is 7.02. The van der Waals surface area contributed by atoms with Crippen LogP contribution in [0, 0.1) is 0 Å². The molecule has 0 fully saturated rings. The van der Waals surface area contributed by atoms with Crippen molar-refractivity contribution < 1.29 is 13.9 Å². The maximum absolute atomic E-state index is 6.17. The lowest BCUT2D eigenvalue weighted by Gasteiger charge is -2.15. The van der Waals surface area contributed by atoms with Crippen molar-refractivity contribution in [1.82, 2.24) is 0 Å². The average molecular weight is 282 g/mol. The maximum atomic E-state index is 6.17. The zero-order valence-corrected chi connectivity index (χ0v) is 11.4. The zero-order chi connectivity index (χ0) is 13.7. The van der Waals surface area contributed by atoms with Gasteiger partial charge in [-0.05, 0) is 29.8 Å². The van der Waals surface area contributed by atoms with Crippen molar-refractivity contribution in [3.8, 4) is 5.75 Å². The summed E-state index contributed by atoms with van der Waals surface area (Å²) in [6.07, 6.45) is 0. The Morgan fingerprint density at radius 3 is 2.68 bits per heavy atom. The highest BCUT2D eigenvalue weighted by Crippen LogP contribution is 2.30. The van der Waals surface area contributed by atoms with Gasteiger partial charge in [-0.15, -0.1) is 0 Å². The molecular formula is C14H16ClNO3. The molecule has 0 radical (unpaired) electrons. The number of para-hydroxylation sites is 1. The molecule has 19 heavy (non-hydrogen) atoms. The fourth-order valence-corrected chi connectivity index (χ4v) is 1.90. The summed E-state index contributed by atoms with van der Waals surface area (Å²) in [7, 11) is 1.63. The van der Waals surface area contributed by atoms with Gasteiger partial charge in [0.2, 0.25) is 0 Å². The number of ether oxygens (including phenoxy) is 2. The summed E-state index contributed by atoms with van der Waals surface area (Å²) in [5, 5.41) is 0.322. The Kier molecular flexibility index (Phi) is 4.85. The molecule has 2 aromatic rings. The third kappa shape index (κ3) is 3.50. The van der Waals surface area contributed by atoms with E-state index in [1.54, 1.807) is 19.2 Å². The van der Waals surface area contributed by atoms with Crippen LogP contribution >= 0.6 is 11.6 Å². The van der Waals surface area contributed by atoms with E-state index < -0.39 is 6.04 Å². The molecular weight excluding hydrogens is 266 g/mol. The van der Waals surface area contributed by atoms with Crippen LogP contribution < -0.4 is 10.5 Å². The molecule has 1 aromatic carbocycles. The van der Waals surface area contributed by atoms with Crippen molar-refractivity contribution in [2.24, 2.45) is 5.73 Å². The molecule has 4 nitrogen and oxygen atoms in total. The van der Waals surface area contributed by atoms with Gasteiger partial charge < -0.3 is 19.6 Å². The summed E-state index contributed by atoms with van der Waals surface area (Å²) in [4.78, 5) is 0. The van der Waals surface area contributed by atoms with E-state index in [2.05, 4.69) is 0 Å². The molecule has 2 rings (SSSR count). The number of halogens is 1.